The minimum Gasteiger partial charge on any atom is -0.447 e. The zero-order valence-electron chi connectivity index (χ0n) is 17.7. The van der Waals surface area contributed by atoms with Crippen LogP contribution in [0.4, 0.5) is 10.1 Å². The fourth-order valence-electron chi connectivity index (χ4n) is 3.55. The molecule has 0 unspecified atom stereocenters. The van der Waals surface area contributed by atoms with E-state index in [1.165, 1.54) is 17.2 Å². The molecule has 1 saturated heterocycles. The number of para-hydroxylation sites is 1. The summed E-state index contributed by atoms with van der Waals surface area (Å²) in [5.41, 5.74) is 1.97. The number of piperazine rings is 1. The lowest BCUT2D eigenvalue weighted by Gasteiger charge is -2.35. The summed E-state index contributed by atoms with van der Waals surface area (Å²) in [6.45, 7) is 8.06. The van der Waals surface area contributed by atoms with Crippen LogP contribution in [0.5, 0.6) is 0 Å². The van der Waals surface area contributed by atoms with Crippen LogP contribution in [0, 0.1) is 19.7 Å². The van der Waals surface area contributed by atoms with Crippen LogP contribution in [0.25, 0.3) is 0 Å². The molecule has 0 aliphatic carbocycles. The molecule has 1 fully saturated rings. The number of aromatic nitrogens is 2. The minimum absolute atomic E-state index is 0.195. The molecule has 31 heavy (non-hydrogen) atoms. The molecule has 3 aromatic rings. The molecule has 1 aliphatic rings. The van der Waals surface area contributed by atoms with Gasteiger partial charge < -0.3 is 14.6 Å². The van der Waals surface area contributed by atoms with E-state index in [2.05, 4.69) is 20.2 Å². The SMILES string of the molecule is Cc1nc(CCNC(=O)c2coc(CN3CCN(c4ccccc4F)CC3)n2)sc1C. The lowest BCUT2D eigenvalue weighted by atomic mass is 10.2. The molecule has 2 aromatic heterocycles. The van der Waals surface area contributed by atoms with Gasteiger partial charge in [-0.2, -0.15) is 0 Å². The first-order valence-corrected chi connectivity index (χ1v) is 11.2. The molecule has 1 aliphatic heterocycles. The van der Waals surface area contributed by atoms with Crippen LogP contribution in [-0.4, -0.2) is 53.5 Å². The number of nitrogens with one attached hydrogen (secondary N) is 1. The van der Waals surface area contributed by atoms with Crippen molar-refractivity contribution in [3.8, 4) is 0 Å². The van der Waals surface area contributed by atoms with Crippen molar-refractivity contribution in [1.82, 2.24) is 20.2 Å². The van der Waals surface area contributed by atoms with Gasteiger partial charge in [0.05, 0.1) is 22.9 Å². The Hall–Kier alpha value is -2.78. The first kappa shape index (κ1) is 21.5. The van der Waals surface area contributed by atoms with Crippen LogP contribution < -0.4 is 10.2 Å². The van der Waals surface area contributed by atoms with E-state index < -0.39 is 0 Å². The summed E-state index contributed by atoms with van der Waals surface area (Å²) in [7, 11) is 0. The van der Waals surface area contributed by atoms with E-state index in [0.717, 1.165) is 36.9 Å². The molecule has 0 atom stereocenters. The predicted molar refractivity (Wildman–Crippen MR) is 118 cm³/mol. The molecule has 0 bridgehead atoms. The summed E-state index contributed by atoms with van der Waals surface area (Å²) in [6, 6.07) is 6.84. The van der Waals surface area contributed by atoms with Crippen molar-refractivity contribution in [1.29, 1.82) is 0 Å². The van der Waals surface area contributed by atoms with Gasteiger partial charge >= 0.3 is 0 Å². The van der Waals surface area contributed by atoms with Crippen molar-refractivity contribution in [3.05, 3.63) is 63.5 Å². The molecule has 0 saturated carbocycles. The van der Waals surface area contributed by atoms with Gasteiger partial charge in [0, 0.05) is 44.0 Å². The molecule has 9 heteroatoms. The van der Waals surface area contributed by atoms with Crippen molar-refractivity contribution in [3.63, 3.8) is 0 Å². The molecule has 1 amide bonds. The summed E-state index contributed by atoms with van der Waals surface area (Å²) >= 11 is 1.66. The summed E-state index contributed by atoms with van der Waals surface area (Å²) in [4.78, 5) is 26.6. The Bertz CT molecular complexity index is 1020. The van der Waals surface area contributed by atoms with Gasteiger partial charge in [-0.25, -0.2) is 14.4 Å². The maximum absolute atomic E-state index is 14.0. The van der Waals surface area contributed by atoms with Gasteiger partial charge in [0.15, 0.2) is 5.69 Å². The number of nitrogens with zero attached hydrogens (tertiary/aromatic N) is 4. The Kier molecular flexibility index (Phi) is 6.62. The van der Waals surface area contributed by atoms with Crippen molar-refractivity contribution < 1.29 is 13.6 Å². The average Bonchev–Trinajstić information content (AvgIpc) is 3.35. The minimum atomic E-state index is -0.246. The highest BCUT2D eigenvalue weighted by Crippen LogP contribution is 2.21. The number of benzene rings is 1. The number of halogens is 1. The second-order valence-electron chi connectivity index (χ2n) is 7.60. The van der Waals surface area contributed by atoms with Gasteiger partial charge in [-0.1, -0.05) is 12.1 Å². The van der Waals surface area contributed by atoms with E-state index in [-0.39, 0.29) is 17.4 Å². The number of thiazole rings is 1. The fraction of sp³-hybridized carbons (Fsp3) is 0.409. The lowest BCUT2D eigenvalue weighted by Crippen LogP contribution is -2.46. The van der Waals surface area contributed by atoms with Crippen LogP contribution in [0.15, 0.2) is 34.9 Å². The van der Waals surface area contributed by atoms with Gasteiger partial charge in [0.1, 0.15) is 12.1 Å². The zero-order chi connectivity index (χ0) is 21.8. The van der Waals surface area contributed by atoms with Gasteiger partial charge in [0.25, 0.3) is 5.91 Å². The molecule has 4 rings (SSSR count). The normalized spacial score (nSPS) is 14.7. The molecule has 7 nitrogen and oxygen atoms in total. The maximum Gasteiger partial charge on any atom is 0.273 e. The van der Waals surface area contributed by atoms with Crippen molar-refractivity contribution in [2.24, 2.45) is 0 Å². The number of rotatable bonds is 7. The molecule has 164 valence electrons. The van der Waals surface area contributed by atoms with Crippen LogP contribution in [0.3, 0.4) is 0 Å². The Morgan fingerprint density at radius 3 is 2.68 bits per heavy atom. The van der Waals surface area contributed by atoms with Crippen LogP contribution in [0.1, 0.15) is 32.0 Å². The molecular weight excluding hydrogens is 417 g/mol. The second-order valence-corrected chi connectivity index (χ2v) is 8.88. The van der Waals surface area contributed by atoms with Crippen molar-refractivity contribution in [2.45, 2.75) is 26.8 Å². The van der Waals surface area contributed by atoms with Crippen molar-refractivity contribution >= 4 is 22.9 Å². The largest absolute Gasteiger partial charge is 0.447 e. The first-order chi connectivity index (χ1) is 15.0. The Morgan fingerprint density at radius 2 is 1.97 bits per heavy atom. The molecule has 1 aromatic carbocycles. The number of hydrogen-bond acceptors (Lipinski definition) is 7. The van der Waals surface area contributed by atoms with Gasteiger partial charge in [0.2, 0.25) is 5.89 Å². The number of hydrogen-bond donors (Lipinski definition) is 1. The fourth-order valence-corrected chi connectivity index (χ4v) is 4.49. The number of anilines is 1. The highest BCUT2D eigenvalue weighted by Gasteiger charge is 2.21. The monoisotopic (exact) mass is 443 g/mol. The standard InChI is InChI=1S/C22H26FN5O2S/c1-15-16(2)31-21(25-15)7-8-24-22(29)18-14-30-20(26-18)13-27-9-11-28(12-10-27)19-6-4-3-5-17(19)23/h3-6,14H,7-13H2,1-2H3,(H,24,29). The summed E-state index contributed by atoms with van der Waals surface area (Å²) in [6.07, 6.45) is 2.10. The van der Waals surface area contributed by atoms with E-state index in [1.807, 2.05) is 24.8 Å². The molecular formula is C22H26FN5O2S. The Labute approximate surface area is 184 Å². The van der Waals surface area contributed by atoms with Crippen LogP contribution >= 0.6 is 11.3 Å². The van der Waals surface area contributed by atoms with Gasteiger partial charge in [-0.05, 0) is 26.0 Å². The summed E-state index contributed by atoms with van der Waals surface area (Å²) in [5.74, 6) is 0.0690. The van der Waals surface area contributed by atoms with E-state index in [9.17, 15) is 9.18 Å². The second kappa shape index (κ2) is 9.57. The number of amides is 1. The average molecular weight is 444 g/mol. The maximum atomic E-state index is 14.0. The van der Waals surface area contributed by atoms with E-state index in [1.54, 1.807) is 23.5 Å². The van der Waals surface area contributed by atoms with E-state index >= 15 is 0 Å². The smallest absolute Gasteiger partial charge is 0.273 e. The Balaban J connectivity index is 1.23. The topological polar surface area (TPSA) is 74.5 Å². The third kappa shape index (κ3) is 5.29. The van der Waals surface area contributed by atoms with Crippen LogP contribution in [0.2, 0.25) is 0 Å². The van der Waals surface area contributed by atoms with E-state index in [0.29, 0.717) is 31.1 Å². The third-order valence-electron chi connectivity index (χ3n) is 5.41. The third-order valence-corrected chi connectivity index (χ3v) is 6.54. The van der Waals surface area contributed by atoms with E-state index in [4.69, 9.17) is 4.42 Å². The number of oxazole rings is 1. The summed E-state index contributed by atoms with van der Waals surface area (Å²) in [5, 5.41) is 3.89. The zero-order valence-corrected chi connectivity index (χ0v) is 18.5. The number of carbonyl (C=O) groups is 1. The molecule has 3 heterocycles. The first-order valence-electron chi connectivity index (χ1n) is 10.4. The van der Waals surface area contributed by atoms with Crippen LogP contribution in [-0.2, 0) is 13.0 Å². The molecule has 0 radical (unpaired) electrons. The van der Waals surface area contributed by atoms with Gasteiger partial charge in [-0.3, -0.25) is 9.69 Å². The highest BCUT2D eigenvalue weighted by atomic mass is 32.1. The number of carbonyl (C=O) groups excluding carboxylic acids is 1. The van der Waals surface area contributed by atoms with Gasteiger partial charge in [-0.15, -0.1) is 11.3 Å². The lowest BCUT2D eigenvalue weighted by molar-refractivity contribution is 0.0949. The molecule has 0 spiro atoms. The quantitative estimate of drug-likeness (QED) is 0.605. The highest BCUT2D eigenvalue weighted by molar-refractivity contribution is 7.11. The van der Waals surface area contributed by atoms with Crippen molar-refractivity contribution in [2.75, 3.05) is 37.6 Å². The number of aryl methyl sites for hydroxylation is 2. The molecule has 1 N–H and O–H groups in total. The summed E-state index contributed by atoms with van der Waals surface area (Å²) < 4.78 is 19.5. The predicted octanol–water partition coefficient (Wildman–Crippen LogP) is 3.18. The Morgan fingerprint density at radius 1 is 1.19 bits per heavy atom.